The average Bonchev–Trinajstić information content (AvgIpc) is 3.32. The SMILES string of the molecule is CC1CCc2sc(-c3nnc(SCCCC(=O)c4ccc(F)cc4)o3)cc2C1. The number of thioether (sulfide) groups is 1. The lowest BCUT2D eigenvalue weighted by Gasteiger charge is -2.16. The second-order valence-corrected chi connectivity index (χ2v) is 9.35. The van der Waals surface area contributed by atoms with Crippen molar-refractivity contribution in [2.75, 3.05) is 5.75 Å². The molecule has 0 N–H and O–H groups in total. The summed E-state index contributed by atoms with van der Waals surface area (Å²) in [6.07, 6.45) is 4.62. The van der Waals surface area contributed by atoms with Crippen LogP contribution in [0.25, 0.3) is 10.8 Å². The van der Waals surface area contributed by atoms with Gasteiger partial charge in [0.25, 0.3) is 11.1 Å². The average molecular weight is 417 g/mol. The number of hydrogen-bond donors (Lipinski definition) is 0. The quantitative estimate of drug-likeness (QED) is 0.276. The standard InChI is InChI=1S/C21H21FN2O2S2/c1-13-4-9-18-15(11-13)12-19(28-18)20-23-24-21(26-20)27-10-2-3-17(25)14-5-7-16(22)8-6-14/h5-8,12-13H,2-4,9-11H2,1H3. The molecule has 0 aliphatic heterocycles. The van der Waals surface area contributed by atoms with Gasteiger partial charge in [-0.1, -0.05) is 18.7 Å². The number of hydrogen-bond acceptors (Lipinski definition) is 6. The summed E-state index contributed by atoms with van der Waals surface area (Å²) in [5.41, 5.74) is 1.97. The molecule has 1 aliphatic carbocycles. The first kappa shape index (κ1) is 19.3. The Balaban J connectivity index is 1.28. The van der Waals surface area contributed by atoms with E-state index in [-0.39, 0.29) is 11.6 Å². The molecular formula is C21H21FN2O2S2. The van der Waals surface area contributed by atoms with Crippen molar-refractivity contribution in [2.24, 2.45) is 5.92 Å². The van der Waals surface area contributed by atoms with Crippen LogP contribution in [0.2, 0.25) is 0 Å². The Kier molecular flexibility index (Phi) is 5.92. The predicted molar refractivity (Wildman–Crippen MR) is 109 cm³/mol. The predicted octanol–water partition coefficient (Wildman–Crippen LogP) is 5.82. The van der Waals surface area contributed by atoms with E-state index in [0.29, 0.717) is 35.3 Å². The molecule has 0 bridgehead atoms. The molecule has 146 valence electrons. The lowest BCUT2D eigenvalue weighted by atomic mass is 9.90. The zero-order valence-corrected chi connectivity index (χ0v) is 17.2. The Morgan fingerprint density at radius 3 is 2.96 bits per heavy atom. The van der Waals surface area contributed by atoms with Crippen LogP contribution in [0.5, 0.6) is 0 Å². The number of carbonyl (C=O) groups is 1. The molecule has 1 unspecified atom stereocenters. The zero-order chi connectivity index (χ0) is 19.5. The van der Waals surface area contributed by atoms with Gasteiger partial charge >= 0.3 is 0 Å². The molecule has 0 saturated carbocycles. The van der Waals surface area contributed by atoms with E-state index in [1.807, 2.05) is 0 Å². The van der Waals surface area contributed by atoms with E-state index in [1.165, 1.54) is 52.9 Å². The van der Waals surface area contributed by atoms with Crippen LogP contribution >= 0.6 is 23.1 Å². The molecule has 0 fully saturated rings. The van der Waals surface area contributed by atoms with Gasteiger partial charge in [-0.15, -0.1) is 21.5 Å². The molecule has 0 spiro atoms. The van der Waals surface area contributed by atoms with Crippen molar-refractivity contribution in [3.05, 3.63) is 52.2 Å². The van der Waals surface area contributed by atoms with Crippen LogP contribution in [0.4, 0.5) is 4.39 Å². The monoisotopic (exact) mass is 416 g/mol. The number of Topliss-reactive ketones (excluding diaryl/α,β-unsaturated/α-hetero) is 1. The molecule has 28 heavy (non-hydrogen) atoms. The molecule has 1 aromatic carbocycles. The van der Waals surface area contributed by atoms with E-state index in [1.54, 1.807) is 11.3 Å². The summed E-state index contributed by atoms with van der Waals surface area (Å²) < 4.78 is 18.7. The van der Waals surface area contributed by atoms with Crippen molar-refractivity contribution >= 4 is 28.9 Å². The maximum absolute atomic E-state index is 12.9. The van der Waals surface area contributed by atoms with Gasteiger partial charge < -0.3 is 4.42 Å². The van der Waals surface area contributed by atoms with Gasteiger partial charge in [0.2, 0.25) is 0 Å². The van der Waals surface area contributed by atoms with Crippen molar-refractivity contribution in [3.63, 3.8) is 0 Å². The maximum atomic E-state index is 12.9. The third kappa shape index (κ3) is 4.52. The summed E-state index contributed by atoms with van der Waals surface area (Å²) in [7, 11) is 0. The number of benzene rings is 1. The fourth-order valence-electron chi connectivity index (χ4n) is 3.35. The molecule has 0 amide bonds. The zero-order valence-electron chi connectivity index (χ0n) is 15.6. The summed E-state index contributed by atoms with van der Waals surface area (Å²) in [6.45, 7) is 2.29. The van der Waals surface area contributed by atoms with E-state index < -0.39 is 0 Å². The van der Waals surface area contributed by atoms with Crippen LogP contribution in [0.1, 0.15) is 47.0 Å². The molecule has 4 nitrogen and oxygen atoms in total. The minimum Gasteiger partial charge on any atom is -0.410 e. The van der Waals surface area contributed by atoms with E-state index in [2.05, 4.69) is 23.2 Å². The summed E-state index contributed by atoms with van der Waals surface area (Å²) in [5.74, 6) is 1.72. The van der Waals surface area contributed by atoms with Gasteiger partial charge in [0.15, 0.2) is 5.78 Å². The number of aryl methyl sites for hydroxylation is 1. The Labute approximate surface area is 171 Å². The van der Waals surface area contributed by atoms with Gasteiger partial charge in [0.1, 0.15) is 5.82 Å². The van der Waals surface area contributed by atoms with Crippen molar-refractivity contribution in [1.82, 2.24) is 10.2 Å². The Morgan fingerprint density at radius 1 is 1.32 bits per heavy atom. The van der Waals surface area contributed by atoms with Crippen molar-refractivity contribution in [1.29, 1.82) is 0 Å². The van der Waals surface area contributed by atoms with E-state index in [4.69, 9.17) is 4.42 Å². The van der Waals surface area contributed by atoms with E-state index in [9.17, 15) is 9.18 Å². The molecule has 2 aromatic heterocycles. The first-order valence-corrected chi connectivity index (χ1v) is 11.3. The molecule has 4 rings (SSSR count). The Morgan fingerprint density at radius 2 is 2.14 bits per heavy atom. The van der Waals surface area contributed by atoms with E-state index in [0.717, 1.165) is 23.6 Å². The first-order valence-electron chi connectivity index (χ1n) is 9.45. The second kappa shape index (κ2) is 8.57. The van der Waals surface area contributed by atoms with Crippen molar-refractivity contribution in [3.8, 4) is 10.8 Å². The molecule has 0 saturated heterocycles. The van der Waals surface area contributed by atoms with Gasteiger partial charge in [-0.25, -0.2) is 4.39 Å². The van der Waals surface area contributed by atoms with Crippen LogP contribution in [0, 0.1) is 11.7 Å². The van der Waals surface area contributed by atoms with Crippen LogP contribution in [0.3, 0.4) is 0 Å². The molecule has 1 atom stereocenters. The lowest BCUT2D eigenvalue weighted by Crippen LogP contribution is -2.07. The lowest BCUT2D eigenvalue weighted by molar-refractivity contribution is 0.0982. The third-order valence-electron chi connectivity index (χ3n) is 4.89. The third-order valence-corrected chi connectivity index (χ3v) is 7.02. The number of ketones is 1. The molecular weight excluding hydrogens is 395 g/mol. The highest BCUT2D eigenvalue weighted by atomic mass is 32.2. The normalized spacial score (nSPS) is 16.1. The first-order chi connectivity index (χ1) is 13.6. The Bertz CT molecular complexity index is 965. The fourth-order valence-corrected chi connectivity index (χ4v) is 5.18. The minimum atomic E-state index is -0.333. The van der Waals surface area contributed by atoms with Gasteiger partial charge in [-0.2, -0.15) is 0 Å². The molecule has 3 aromatic rings. The highest BCUT2D eigenvalue weighted by Crippen LogP contribution is 2.37. The largest absolute Gasteiger partial charge is 0.410 e. The summed E-state index contributed by atoms with van der Waals surface area (Å²) in [4.78, 5) is 14.6. The fraction of sp³-hybridized carbons (Fsp3) is 0.381. The minimum absolute atomic E-state index is 0.0187. The van der Waals surface area contributed by atoms with E-state index >= 15 is 0 Å². The van der Waals surface area contributed by atoms with Crippen LogP contribution < -0.4 is 0 Å². The number of carbonyl (C=O) groups excluding carboxylic acids is 1. The number of rotatable bonds is 7. The molecule has 2 heterocycles. The maximum Gasteiger partial charge on any atom is 0.276 e. The van der Waals surface area contributed by atoms with Gasteiger partial charge in [0.05, 0.1) is 4.88 Å². The summed E-state index contributed by atoms with van der Waals surface area (Å²) in [5, 5.41) is 8.85. The van der Waals surface area contributed by atoms with Gasteiger partial charge in [-0.3, -0.25) is 4.79 Å². The summed E-state index contributed by atoms with van der Waals surface area (Å²) in [6, 6.07) is 7.86. The smallest absolute Gasteiger partial charge is 0.276 e. The summed E-state index contributed by atoms with van der Waals surface area (Å²) >= 11 is 3.22. The highest BCUT2D eigenvalue weighted by molar-refractivity contribution is 7.99. The Hall–Kier alpha value is -1.99. The molecule has 7 heteroatoms. The number of nitrogens with zero attached hydrogens (tertiary/aromatic N) is 2. The van der Waals surface area contributed by atoms with Crippen LogP contribution in [-0.4, -0.2) is 21.7 Å². The topological polar surface area (TPSA) is 56.0 Å². The number of aromatic nitrogens is 2. The number of halogens is 1. The molecule has 1 aliphatic rings. The van der Waals surface area contributed by atoms with Gasteiger partial charge in [-0.05, 0) is 67.5 Å². The second-order valence-electron chi connectivity index (χ2n) is 7.16. The number of fused-ring (bicyclic) bond motifs is 1. The van der Waals surface area contributed by atoms with Crippen molar-refractivity contribution < 1.29 is 13.6 Å². The van der Waals surface area contributed by atoms with Crippen molar-refractivity contribution in [2.45, 2.75) is 44.3 Å². The number of thiophene rings is 1. The highest BCUT2D eigenvalue weighted by Gasteiger charge is 2.21. The van der Waals surface area contributed by atoms with Crippen LogP contribution in [0.15, 0.2) is 40.0 Å². The van der Waals surface area contributed by atoms with Crippen LogP contribution in [-0.2, 0) is 12.8 Å². The molecule has 0 radical (unpaired) electrons. The van der Waals surface area contributed by atoms with Gasteiger partial charge in [0, 0.05) is 22.6 Å².